The predicted molar refractivity (Wildman–Crippen MR) is 80.1 cm³/mol. The van der Waals surface area contributed by atoms with Crippen LogP contribution in [0.25, 0.3) is 5.69 Å². The minimum absolute atomic E-state index is 0.237. The van der Waals surface area contributed by atoms with Gasteiger partial charge in [-0.15, -0.1) is 5.10 Å². The molecule has 7 nitrogen and oxygen atoms in total. The van der Waals surface area contributed by atoms with Gasteiger partial charge in [0.05, 0.1) is 18.5 Å². The molecule has 0 aliphatic heterocycles. The molecule has 22 heavy (non-hydrogen) atoms. The number of carbonyl (C=O) groups is 1. The fourth-order valence-electron chi connectivity index (χ4n) is 2.01. The van der Waals surface area contributed by atoms with Gasteiger partial charge in [0.15, 0.2) is 0 Å². The maximum atomic E-state index is 12.4. The van der Waals surface area contributed by atoms with E-state index in [4.69, 9.17) is 4.74 Å². The third kappa shape index (κ3) is 2.78. The summed E-state index contributed by atoms with van der Waals surface area (Å²) in [4.78, 5) is 12.4. The van der Waals surface area contributed by atoms with E-state index in [0.717, 1.165) is 0 Å². The Morgan fingerprint density at radius 2 is 2.05 bits per heavy atom. The lowest BCUT2D eigenvalue weighted by Gasteiger charge is -2.10. The van der Waals surface area contributed by atoms with Crippen molar-refractivity contribution < 1.29 is 9.53 Å². The zero-order valence-electron chi connectivity index (χ0n) is 11.8. The summed E-state index contributed by atoms with van der Waals surface area (Å²) in [5.41, 5.74) is 1.80. The lowest BCUT2D eigenvalue weighted by atomic mass is 10.2. The number of hydrogen-bond donors (Lipinski definition) is 1. The van der Waals surface area contributed by atoms with Crippen molar-refractivity contribution in [3.05, 3.63) is 60.4 Å². The van der Waals surface area contributed by atoms with E-state index < -0.39 is 0 Å². The maximum Gasteiger partial charge on any atom is 0.255 e. The summed E-state index contributed by atoms with van der Waals surface area (Å²) in [6, 6.07) is 14.2. The SMILES string of the molecule is COc1cccc(C(=O)Nc2ccccc2-n2cnnn2)c1. The first-order valence-corrected chi connectivity index (χ1v) is 6.56. The number of para-hydroxylation sites is 2. The number of aromatic nitrogens is 4. The molecule has 0 saturated carbocycles. The topological polar surface area (TPSA) is 81.9 Å². The highest BCUT2D eigenvalue weighted by Gasteiger charge is 2.11. The van der Waals surface area contributed by atoms with E-state index in [1.165, 1.54) is 11.0 Å². The summed E-state index contributed by atoms with van der Waals surface area (Å²) in [5, 5.41) is 13.9. The second-order valence-electron chi connectivity index (χ2n) is 4.46. The van der Waals surface area contributed by atoms with Gasteiger partial charge in [-0.2, -0.15) is 4.68 Å². The summed E-state index contributed by atoms with van der Waals surface area (Å²) < 4.78 is 6.61. The molecule has 0 saturated heterocycles. The van der Waals surface area contributed by atoms with E-state index in [0.29, 0.717) is 22.7 Å². The molecule has 1 amide bonds. The van der Waals surface area contributed by atoms with Gasteiger partial charge in [-0.05, 0) is 40.8 Å². The third-order valence-electron chi connectivity index (χ3n) is 3.08. The predicted octanol–water partition coefficient (Wildman–Crippen LogP) is 1.92. The van der Waals surface area contributed by atoms with E-state index in [1.54, 1.807) is 37.4 Å². The van der Waals surface area contributed by atoms with Crippen molar-refractivity contribution in [1.29, 1.82) is 0 Å². The molecule has 0 bridgehead atoms. The van der Waals surface area contributed by atoms with Crippen LogP contribution in [0.5, 0.6) is 5.75 Å². The number of benzene rings is 2. The molecule has 0 fully saturated rings. The van der Waals surface area contributed by atoms with Crippen molar-refractivity contribution >= 4 is 11.6 Å². The van der Waals surface area contributed by atoms with Crippen LogP contribution in [0.3, 0.4) is 0 Å². The third-order valence-corrected chi connectivity index (χ3v) is 3.08. The van der Waals surface area contributed by atoms with Gasteiger partial charge in [-0.3, -0.25) is 4.79 Å². The monoisotopic (exact) mass is 295 g/mol. The fraction of sp³-hybridized carbons (Fsp3) is 0.0667. The molecule has 1 heterocycles. The zero-order chi connectivity index (χ0) is 15.4. The number of nitrogens with zero attached hydrogens (tertiary/aromatic N) is 4. The average Bonchev–Trinajstić information content (AvgIpc) is 3.09. The van der Waals surface area contributed by atoms with Crippen LogP contribution in [0, 0.1) is 0 Å². The molecule has 110 valence electrons. The number of carbonyl (C=O) groups excluding carboxylic acids is 1. The smallest absolute Gasteiger partial charge is 0.255 e. The lowest BCUT2D eigenvalue weighted by molar-refractivity contribution is 0.102. The minimum Gasteiger partial charge on any atom is -0.497 e. The largest absolute Gasteiger partial charge is 0.497 e. The Morgan fingerprint density at radius 3 is 2.82 bits per heavy atom. The van der Waals surface area contributed by atoms with Crippen LogP contribution in [-0.2, 0) is 0 Å². The normalized spacial score (nSPS) is 10.2. The second-order valence-corrected chi connectivity index (χ2v) is 4.46. The molecular weight excluding hydrogens is 282 g/mol. The van der Waals surface area contributed by atoms with Crippen molar-refractivity contribution in [2.75, 3.05) is 12.4 Å². The van der Waals surface area contributed by atoms with Gasteiger partial charge in [-0.25, -0.2) is 0 Å². The fourth-order valence-corrected chi connectivity index (χ4v) is 2.01. The number of ether oxygens (including phenoxy) is 1. The van der Waals surface area contributed by atoms with Gasteiger partial charge < -0.3 is 10.1 Å². The number of rotatable bonds is 4. The zero-order valence-corrected chi connectivity index (χ0v) is 11.8. The van der Waals surface area contributed by atoms with Crippen LogP contribution in [0.1, 0.15) is 10.4 Å². The van der Waals surface area contributed by atoms with Crippen LogP contribution in [0.2, 0.25) is 0 Å². The van der Waals surface area contributed by atoms with Crippen molar-refractivity contribution in [2.24, 2.45) is 0 Å². The Kier molecular flexibility index (Phi) is 3.78. The molecule has 0 radical (unpaired) electrons. The second kappa shape index (κ2) is 6.04. The van der Waals surface area contributed by atoms with Crippen LogP contribution in [0.4, 0.5) is 5.69 Å². The molecule has 2 aromatic carbocycles. The van der Waals surface area contributed by atoms with Crippen molar-refractivity contribution in [3.63, 3.8) is 0 Å². The molecule has 1 N–H and O–H groups in total. The first-order chi connectivity index (χ1) is 10.8. The quantitative estimate of drug-likeness (QED) is 0.795. The van der Waals surface area contributed by atoms with Crippen molar-refractivity contribution in [3.8, 4) is 11.4 Å². The van der Waals surface area contributed by atoms with Crippen molar-refractivity contribution in [2.45, 2.75) is 0 Å². The van der Waals surface area contributed by atoms with Crippen LogP contribution >= 0.6 is 0 Å². The maximum absolute atomic E-state index is 12.4. The number of hydrogen-bond acceptors (Lipinski definition) is 5. The summed E-state index contributed by atoms with van der Waals surface area (Å²) in [6.45, 7) is 0. The highest BCUT2D eigenvalue weighted by molar-refractivity contribution is 6.05. The Bertz CT molecular complexity index is 786. The number of anilines is 1. The van der Waals surface area contributed by atoms with Crippen LogP contribution in [-0.4, -0.2) is 33.2 Å². The molecule has 0 spiro atoms. The van der Waals surface area contributed by atoms with Crippen LogP contribution < -0.4 is 10.1 Å². The highest BCUT2D eigenvalue weighted by Crippen LogP contribution is 2.20. The minimum atomic E-state index is -0.237. The number of tetrazole rings is 1. The molecular formula is C15H13N5O2. The first-order valence-electron chi connectivity index (χ1n) is 6.56. The van der Waals surface area contributed by atoms with E-state index >= 15 is 0 Å². The molecule has 1 aromatic heterocycles. The molecule has 3 aromatic rings. The van der Waals surface area contributed by atoms with Gasteiger partial charge in [0.25, 0.3) is 5.91 Å². The molecule has 7 heteroatoms. The Balaban J connectivity index is 1.88. The summed E-state index contributed by atoms with van der Waals surface area (Å²) in [7, 11) is 1.56. The number of methoxy groups -OCH3 is 1. The standard InChI is InChI=1S/C15H13N5O2/c1-22-12-6-4-5-11(9-12)15(21)17-13-7-2-3-8-14(13)20-10-16-18-19-20/h2-10H,1H3,(H,17,21). The van der Waals surface area contributed by atoms with Gasteiger partial charge in [0.1, 0.15) is 12.1 Å². The highest BCUT2D eigenvalue weighted by atomic mass is 16.5. The summed E-state index contributed by atoms with van der Waals surface area (Å²) in [6.07, 6.45) is 1.47. The molecule has 0 aliphatic rings. The molecule has 0 atom stereocenters. The van der Waals surface area contributed by atoms with Gasteiger partial charge >= 0.3 is 0 Å². The lowest BCUT2D eigenvalue weighted by Crippen LogP contribution is -2.14. The first kappa shape index (κ1) is 13.7. The average molecular weight is 295 g/mol. The van der Waals surface area contributed by atoms with Crippen LogP contribution in [0.15, 0.2) is 54.9 Å². The van der Waals surface area contributed by atoms with Gasteiger partial charge in [-0.1, -0.05) is 18.2 Å². The van der Waals surface area contributed by atoms with E-state index in [2.05, 4.69) is 20.8 Å². The Hall–Kier alpha value is -3.22. The molecule has 0 unspecified atom stereocenters. The number of amides is 1. The van der Waals surface area contributed by atoms with E-state index in [9.17, 15) is 4.79 Å². The summed E-state index contributed by atoms with van der Waals surface area (Å²) >= 11 is 0. The van der Waals surface area contributed by atoms with E-state index in [1.807, 2.05) is 18.2 Å². The van der Waals surface area contributed by atoms with Gasteiger partial charge in [0, 0.05) is 5.56 Å². The summed E-state index contributed by atoms with van der Waals surface area (Å²) in [5.74, 6) is 0.390. The molecule has 3 rings (SSSR count). The molecule has 0 aliphatic carbocycles. The number of nitrogens with one attached hydrogen (secondary N) is 1. The van der Waals surface area contributed by atoms with Gasteiger partial charge in [0.2, 0.25) is 0 Å². The Morgan fingerprint density at radius 1 is 1.18 bits per heavy atom. The van der Waals surface area contributed by atoms with Crippen molar-refractivity contribution in [1.82, 2.24) is 20.2 Å². The van der Waals surface area contributed by atoms with E-state index in [-0.39, 0.29) is 5.91 Å². The Labute approximate surface area is 126 Å².